The molecule has 3 aliphatic heterocycles. The average molecular weight is 534 g/mol. The molecule has 3 aliphatic rings. The summed E-state index contributed by atoms with van der Waals surface area (Å²) in [6.45, 7) is 5.97. The number of rotatable bonds is 4. The summed E-state index contributed by atoms with van der Waals surface area (Å²) in [5, 5.41) is 8.02. The number of halogens is 4. The van der Waals surface area contributed by atoms with Crippen molar-refractivity contribution in [2.45, 2.75) is 45.5 Å². The van der Waals surface area contributed by atoms with Crippen molar-refractivity contribution < 1.29 is 36.6 Å². The van der Waals surface area contributed by atoms with Gasteiger partial charge in [0.15, 0.2) is 16.6 Å². The molecular formula is C22H27F4N5O4S. The highest BCUT2D eigenvalue weighted by Gasteiger charge is 2.49. The molecule has 2 unspecified atom stereocenters. The molecule has 198 valence electrons. The molecular weight excluding hydrogens is 506 g/mol. The molecule has 9 nitrogen and oxygen atoms in total. The number of benzene rings is 1. The Morgan fingerprint density at radius 3 is 2.50 bits per heavy atom. The van der Waals surface area contributed by atoms with Crippen molar-refractivity contribution in [2.75, 3.05) is 31.5 Å². The number of carbonyl (C=O) groups excluding carboxylic acids is 2. The fourth-order valence-corrected chi connectivity index (χ4v) is 5.35. The average Bonchev–Trinajstić information content (AvgIpc) is 3.35. The first-order valence-corrected chi connectivity index (χ1v) is 12.5. The first-order valence-electron chi connectivity index (χ1n) is 11.7. The number of nitrogens with zero attached hydrogens (tertiary/aromatic N) is 2. The maximum Gasteiger partial charge on any atom is 0.586 e. The van der Waals surface area contributed by atoms with E-state index in [2.05, 4.69) is 30.4 Å². The molecule has 2 atom stereocenters. The molecule has 0 spiro atoms. The highest BCUT2D eigenvalue weighted by atomic mass is 32.1. The number of anilines is 1. The Morgan fingerprint density at radius 1 is 1.19 bits per heavy atom. The summed E-state index contributed by atoms with van der Waals surface area (Å²) >= 11 is 1.07. The first-order chi connectivity index (χ1) is 17.0. The van der Waals surface area contributed by atoms with E-state index in [0.717, 1.165) is 11.3 Å². The second-order valence-electron chi connectivity index (χ2n) is 8.58. The van der Waals surface area contributed by atoms with Crippen LogP contribution in [0.4, 0.5) is 27.5 Å². The summed E-state index contributed by atoms with van der Waals surface area (Å²) in [7, 11) is 0. The summed E-state index contributed by atoms with van der Waals surface area (Å²) in [5.74, 6) is -5.09. The molecule has 0 bridgehead atoms. The van der Waals surface area contributed by atoms with Crippen molar-refractivity contribution in [2.24, 2.45) is 11.8 Å². The Hall–Kier alpha value is -2.87. The van der Waals surface area contributed by atoms with Crippen molar-refractivity contribution in [1.82, 2.24) is 20.5 Å². The summed E-state index contributed by atoms with van der Waals surface area (Å²) in [5.41, 5.74) is 0.345. The molecule has 14 heteroatoms. The number of nitrogens with one attached hydrogen (secondary N) is 3. The molecule has 1 aromatic carbocycles. The third-order valence-electron chi connectivity index (χ3n) is 6.39. The third-order valence-corrected chi connectivity index (χ3v) is 7.33. The molecule has 0 aliphatic carbocycles. The highest BCUT2D eigenvalue weighted by Crippen LogP contribution is 2.45. The van der Waals surface area contributed by atoms with Crippen molar-refractivity contribution in [3.05, 3.63) is 12.1 Å². The van der Waals surface area contributed by atoms with E-state index in [4.69, 9.17) is 0 Å². The zero-order valence-electron chi connectivity index (χ0n) is 19.9. The zero-order chi connectivity index (χ0) is 26.3. The normalized spacial score (nSPS) is 23.8. The van der Waals surface area contributed by atoms with Gasteiger partial charge in [0.1, 0.15) is 0 Å². The van der Waals surface area contributed by atoms with Crippen LogP contribution in [0.3, 0.4) is 0 Å². The van der Waals surface area contributed by atoms with Gasteiger partial charge in [0, 0.05) is 56.6 Å². The Balaban J connectivity index is 0.00000148. The van der Waals surface area contributed by atoms with Crippen LogP contribution in [-0.2, 0) is 4.79 Å². The largest absolute Gasteiger partial charge is 0.586 e. The second kappa shape index (κ2) is 9.88. The number of alkyl halides is 4. The van der Waals surface area contributed by atoms with Gasteiger partial charge in [-0.2, -0.15) is 0 Å². The molecule has 2 fully saturated rings. The monoisotopic (exact) mass is 533 g/mol. The van der Waals surface area contributed by atoms with Gasteiger partial charge >= 0.3 is 12.3 Å². The van der Waals surface area contributed by atoms with E-state index in [9.17, 15) is 27.2 Å². The zero-order valence-corrected chi connectivity index (χ0v) is 20.7. The topological polar surface area (TPSA) is 105 Å². The van der Waals surface area contributed by atoms with Crippen LogP contribution >= 0.6 is 11.3 Å². The van der Waals surface area contributed by atoms with Crippen LogP contribution < -0.4 is 25.4 Å². The van der Waals surface area contributed by atoms with Gasteiger partial charge in [-0.05, 0) is 6.92 Å². The molecule has 36 heavy (non-hydrogen) atoms. The predicted octanol–water partition coefficient (Wildman–Crippen LogP) is 3.86. The first kappa shape index (κ1) is 26.2. The minimum atomic E-state index is -3.74. The lowest BCUT2D eigenvalue weighted by atomic mass is 9.81. The lowest BCUT2D eigenvalue weighted by Crippen LogP contribution is -2.59. The number of likely N-dealkylation sites (tertiary alicyclic amines) is 1. The van der Waals surface area contributed by atoms with E-state index < -0.39 is 42.4 Å². The summed E-state index contributed by atoms with van der Waals surface area (Å²) < 4.78 is 65.1. The Bertz CT molecular complexity index is 1090. The van der Waals surface area contributed by atoms with Gasteiger partial charge < -0.3 is 25.4 Å². The number of amides is 3. The highest BCUT2D eigenvalue weighted by molar-refractivity contribution is 7.22. The number of hydrogen-bond acceptors (Lipinski definition) is 7. The number of piperidine rings is 1. The number of fused-ring (bicyclic) bond motifs is 2. The second-order valence-corrected chi connectivity index (χ2v) is 9.61. The Kier molecular flexibility index (Phi) is 7.19. The van der Waals surface area contributed by atoms with Crippen molar-refractivity contribution in [3.8, 4) is 11.5 Å². The van der Waals surface area contributed by atoms with E-state index in [1.54, 1.807) is 11.8 Å². The summed E-state index contributed by atoms with van der Waals surface area (Å²) in [6, 6.07) is 1.56. The fraction of sp³-hybridized carbons (Fsp3) is 0.591. The van der Waals surface area contributed by atoms with E-state index in [0.29, 0.717) is 10.2 Å². The quantitative estimate of drug-likeness (QED) is 0.516. The number of ether oxygens (including phenoxy) is 2. The van der Waals surface area contributed by atoms with E-state index in [1.165, 1.54) is 12.1 Å². The minimum Gasteiger partial charge on any atom is -0.395 e. The van der Waals surface area contributed by atoms with Crippen LogP contribution in [0.15, 0.2) is 12.1 Å². The molecule has 0 radical (unpaired) electrons. The molecule has 3 N–H and O–H groups in total. The van der Waals surface area contributed by atoms with Gasteiger partial charge in [-0.3, -0.25) is 9.69 Å². The van der Waals surface area contributed by atoms with Crippen molar-refractivity contribution in [3.63, 3.8) is 0 Å². The molecule has 2 aromatic rings. The van der Waals surface area contributed by atoms with Gasteiger partial charge in [-0.25, -0.2) is 18.6 Å². The summed E-state index contributed by atoms with van der Waals surface area (Å²) in [6.07, 6.45) is -4.13. The van der Waals surface area contributed by atoms with E-state index in [1.807, 2.05) is 13.8 Å². The standard InChI is InChI=1S/C20H21F4N5O4S.C2H6/c1-9(29-3-2-19(21,22)11(8-29)10-6-25-17(31)26-7-10)16(30)28-18-27-12-4-13-14(5-15(12)34-18)33-20(23,24)32-13;1-2/h4-5,9-11H,2-3,6-8H2,1H3,(H2,25,26,31)(H,27,28,30);1-2H3. The van der Waals surface area contributed by atoms with Crippen molar-refractivity contribution in [1.29, 1.82) is 0 Å². The maximum atomic E-state index is 14.7. The number of aromatic nitrogens is 1. The molecule has 3 amide bonds. The van der Waals surface area contributed by atoms with Crippen LogP contribution in [0.5, 0.6) is 11.5 Å². The van der Waals surface area contributed by atoms with E-state index >= 15 is 0 Å². The molecule has 5 rings (SSSR count). The Labute approximate surface area is 208 Å². The molecule has 2 saturated heterocycles. The van der Waals surface area contributed by atoms with Crippen LogP contribution in [-0.4, -0.2) is 66.3 Å². The SMILES string of the molecule is CC.CC(C(=O)Nc1nc2cc3c(cc2s1)OC(F)(F)O3)N1CCC(F)(F)C(C2CNC(=O)NC2)C1. The lowest BCUT2D eigenvalue weighted by Gasteiger charge is -2.44. The molecule has 0 saturated carbocycles. The van der Waals surface area contributed by atoms with Gasteiger partial charge in [-0.15, -0.1) is 8.78 Å². The predicted molar refractivity (Wildman–Crippen MR) is 125 cm³/mol. The van der Waals surface area contributed by atoms with Crippen LogP contribution in [0.1, 0.15) is 27.2 Å². The number of thiazole rings is 1. The van der Waals surface area contributed by atoms with Crippen molar-refractivity contribution >= 4 is 38.6 Å². The molecule has 4 heterocycles. The number of hydrogen-bond donors (Lipinski definition) is 3. The lowest BCUT2D eigenvalue weighted by molar-refractivity contribution is -0.286. The smallest absolute Gasteiger partial charge is 0.395 e. The van der Waals surface area contributed by atoms with Crippen LogP contribution in [0, 0.1) is 11.8 Å². The third kappa shape index (κ3) is 5.28. The number of carbonyl (C=O) groups is 2. The van der Waals surface area contributed by atoms with E-state index in [-0.39, 0.29) is 48.8 Å². The Morgan fingerprint density at radius 2 is 1.83 bits per heavy atom. The molecule has 1 aromatic heterocycles. The minimum absolute atomic E-state index is 0.000736. The van der Waals surface area contributed by atoms with Crippen LogP contribution in [0.25, 0.3) is 10.2 Å². The van der Waals surface area contributed by atoms with Gasteiger partial charge in [0.05, 0.1) is 16.3 Å². The maximum absolute atomic E-state index is 14.7. The summed E-state index contributed by atoms with van der Waals surface area (Å²) in [4.78, 5) is 30.1. The van der Waals surface area contributed by atoms with Gasteiger partial charge in [0.25, 0.3) is 5.92 Å². The fourth-order valence-electron chi connectivity index (χ4n) is 4.47. The van der Waals surface area contributed by atoms with Gasteiger partial charge in [-0.1, -0.05) is 25.2 Å². The number of urea groups is 1. The van der Waals surface area contributed by atoms with Gasteiger partial charge in [0.2, 0.25) is 5.91 Å². The van der Waals surface area contributed by atoms with Crippen LogP contribution in [0.2, 0.25) is 0 Å².